The Morgan fingerprint density at radius 3 is 1.35 bits per heavy atom. The first-order valence-corrected chi connectivity index (χ1v) is 41.4. The molecule has 6 rings (SSSR count). The topological polar surface area (TPSA) is 228 Å². The molecule has 0 bridgehead atoms. The fourth-order valence-electron chi connectivity index (χ4n) is 11.4. The Morgan fingerprint density at radius 2 is 0.972 bits per heavy atom. The minimum atomic E-state index is -1.00. The molecule has 0 aliphatic rings. The molecule has 1 aromatic heterocycles. The second-order valence-electron chi connectivity index (χ2n) is 26.9. The van der Waals surface area contributed by atoms with Crippen LogP contribution in [-0.2, 0) is 9.59 Å². The summed E-state index contributed by atoms with van der Waals surface area (Å²) in [5.41, 5.74) is 12.9. The number of nitrogens with zero attached hydrogens (tertiary/aromatic N) is 8. The lowest BCUT2D eigenvalue weighted by atomic mass is 10.0. The number of rotatable bonds is 50. The van der Waals surface area contributed by atoms with Crippen molar-refractivity contribution in [1.29, 1.82) is 0 Å². The van der Waals surface area contributed by atoms with Gasteiger partial charge in [0.25, 0.3) is 0 Å². The number of aliphatic imine (C=N–C) groups is 2. The van der Waals surface area contributed by atoms with Crippen molar-refractivity contribution in [2.24, 2.45) is 9.98 Å². The Bertz CT molecular complexity index is 3130. The molecule has 17 nitrogen and oxygen atoms in total. The second-order valence-corrected chi connectivity index (χ2v) is 28.6. The van der Waals surface area contributed by atoms with Gasteiger partial charge in [-0.3, -0.25) is 14.0 Å². The number of carbonyl (C=O) groups is 2. The van der Waals surface area contributed by atoms with Crippen molar-refractivity contribution >= 4 is 87.6 Å². The third-order valence-electron chi connectivity index (χ3n) is 17.4. The van der Waals surface area contributed by atoms with E-state index in [0.717, 1.165) is 91.2 Å². The third-order valence-corrected chi connectivity index (χ3v) is 19.2. The van der Waals surface area contributed by atoms with Crippen LogP contribution in [0.3, 0.4) is 0 Å². The van der Waals surface area contributed by atoms with E-state index in [4.69, 9.17) is 26.9 Å². The van der Waals surface area contributed by atoms with Crippen LogP contribution in [0.1, 0.15) is 245 Å². The molecule has 6 aromatic rings. The SMILES string of the molecule is CCCCCCCCCCCCCCCCCCOc1ccc(N(C)CC(=O)Nc2ccc(SC)c(C)c2)cc1.CCCCCCCCCCCCCCCCCCOc1ccc(N(C)CC(=O)O)cc1.CCN=C=NCCCN(C)C.CSc1ccc(N)cc1C.Cl.O.On1nnc2ccccc21.[2H]CF. The van der Waals surface area contributed by atoms with E-state index in [1.54, 1.807) is 47.6 Å². The number of nitrogens with one attached hydrogen (secondary N) is 1. The fraction of sp³-hybridized carbons (Fsp3) is 0.612. The first kappa shape index (κ1) is 99.5. The number of likely N-dealkylation sites (N-methyl/N-ethyl adjacent to an activating group) is 2. The van der Waals surface area contributed by atoms with Gasteiger partial charge >= 0.3 is 5.97 Å². The number of nitrogen functional groups attached to an aromatic ring is 1. The molecule has 7 N–H and O–H groups in total. The molecule has 1 amide bonds. The van der Waals surface area contributed by atoms with Crippen LogP contribution < -0.4 is 30.3 Å². The molecule has 0 aliphatic heterocycles. The van der Waals surface area contributed by atoms with Gasteiger partial charge in [0.2, 0.25) is 5.91 Å². The molecule has 0 fully saturated rings. The Labute approximate surface area is 657 Å². The number of carboxylic acids is 1. The van der Waals surface area contributed by atoms with Crippen LogP contribution in [0.5, 0.6) is 11.5 Å². The van der Waals surface area contributed by atoms with E-state index in [1.165, 1.54) is 214 Å². The van der Waals surface area contributed by atoms with E-state index >= 15 is 0 Å². The van der Waals surface area contributed by atoms with Crippen molar-refractivity contribution in [2.75, 3.05) is 115 Å². The number of ether oxygens (including phenoxy) is 2. The third kappa shape index (κ3) is 54.1. The summed E-state index contributed by atoms with van der Waals surface area (Å²) in [5.74, 6) is 0.898. The van der Waals surface area contributed by atoms with Crippen molar-refractivity contribution < 1.29 is 40.6 Å². The number of aromatic nitrogens is 3. The number of thioether (sulfide) groups is 2. The molecule has 0 atom stereocenters. The normalized spacial score (nSPS) is 10.4. The molecule has 0 saturated heterocycles. The van der Waals surface area contributed by atoms with Crippen LogP contribution >= 0.6 is 35.9 Å². The van der Waals surface area contributed by atoms with Crippen LogP contribution in [0.15, 0.2) is 129 Å². The highest BCUT2D eigenvalue weighted by atomic mass is 35.5. The predicted molar refractivity (Wildman–Crippen MR) is 457 cm³/mol. The molecular formula is C85H142ClFN10O7S2. The van der Waals surface area contributed by atoms with E-state index < -0.39 is 13.1 Å². The number of carboxylic acid groups (broad SMARTS) is 1. The molecule has 0 unspecified atom stereocenters. The largest absolute Gasteiger partial charge is 0.494 e. The van der Waals surface area contributed by atoms with Crippen LogP contribution in [0.4, 0.5) is 27.1 Å². The standard InChI is InChI=1S/C35H56N2O2S.C27H47NO3.C8H17N3.C8H11NS.C6H5N3O.CH3F.ClH.H2O/c1-5-6-7-8-9-10-11-12-13-14-15-16-17-18-19-20-27-39-33-24-22-32(23-25-33)37(3)29-35(38)36-31-21-26-34(40-4)30(2)28-31;1-3-4-5-6-7-8-9-10-11-12-13-14-15-16-17-18-23-31-26-21-19-25(20-22-26)28(2)24-27(29)30;1-4-9-8-10-6-5-7-11(2)3;1-6-5-7(9)3-4-8(6)10-2;10-9-6-4-2-1-3-5(6)7-8-9;1-2;;/h21-26,28H,5-20,27,29H2,1-4H3,(H,36,38);19-22H,3-18,23-24H2,1-2H3,(H,29,30);4-7H2,1-3H3;3-5H,9H2,1-2H3;1-4,10H;1H3;1H;1H2/i;;;;;1D;;. The first-order valence-electron chi connectivity index (χ1n) is 39.7. The maximum absolute atomic E-state index is 12.5. The number of hydrogen-bond donors (Lipinski definition) is 4. The van der Waals surface area contributed by atoms with Gasteiger partial charge in [-0.2, -0.15) is 0 Å². The number of benzene rings is 5. The number of hydrogen-bond acceptors (Lipinski definition) is 15. The zero-order valence-electron chi connectivity index (χ0n) is 68.2. The highest BCUT2D eigenvalue weighted by molar-refractivity contribution is 7.98. The van der Waals surface area contributed by atoms with Gasteiger partial charge in [0.05, 0.1) is 40.8 Å². The zero-order chi connectivity index (χ0) is 77.2. The fourth-order valence-corrected chi connectivity index (χ4v) is 12.6. The van der Waals surface area contributed by atoms with Crippen molar-refractivity contribution in [3.8, 4) is 11.5 Å². The van der Waals surface area contributed by atoms with Gasteiger partial charge in [-0.1, -0.05) is 223 Å². The summed E-state index contributed by atoms with van der Waals surface area (Å²) in [6, 6.07) is 37.5. The Hall–Kier alpha value is -6.54. The van der Waals surface area contributed by atoms with Crippen molar-refractivity contribution in [3.63, 3.8) is 0 Å². The number of amides is 1. The number of para-hydroxylation sites is 1. The number of alkyl halides is 1. The number of nitrogens with two attached hydrogens (primary N) is 1. The van der Waals surface area contributed by atoms with E-state index in [0.29, 0.717) is 17.6 Å². The van der Waals surface area contributed by atoms with E-state index in [1.807, 2.05) is 104 Å². The Kier molecular flexibility index (Phi) is 65.8. The summed E-state index contributed by atoms with van der Waals surface area (Å²) < 4.78 is 27.3. The van der Waals surface area contributed by atoms with Gasteiger partial charge in [0.1, 0.15) is 29.1 Å². The molecule has 0 radical (unpaired) electrons. The summed E-state index contributed by atoms with van der Waals surface area (Å²) in [5, 5.41) is 27.9. The second kappa shape index (κ2) is 70.2. The highest BCUT2D eigenvalue weighted by Crippen LogP contribution is 2.26. The van der Waals surface area contributed by atoms with Gasteiger partial charge < -0.3 is 51.0 Å². The molecule has 1 heterocycles. The van der Waals surface area contributed by atoms with Gasteiger partial charge in [0, 0.05) is 53.2 Å². The zero-order valence-corrected chi connectivity index (χ0v) is 69.6. The van der Waals surface area contributed by atoms with Crippen molar-refractivity contribution in [1.82, 2.24) is 20.1 Å². The molecule has 0 spiro atoms. The number of fused-ring (bicyclic) bond motifs is 1. The maximum Gasteiger partial charge on any atom is 0.323 e. The average Bonchev–Trinajstić information content (AvgIpc) is 1.62. The minimum absolute atomic E-state index is 0. The number of aryl methyl sites for hydroxylation is 2. The lowest BCUT2D eigenvalue weighted by Crippen LogP contribution is -2.30. The van der Waals surface area contributed by atoms with Crippen LogP contribution in [0.2, 0.25) is 0 Å². The summed E-state index contributed by atoms with van der Waals surface area (Å²) >= 11 is 3.46. The molecule has 5 aromatic carbocycles. The Morgan fingerprint density at radius 1 is 0.575 bits per heavy atom. The maximum atomic E-state index is 12.5. The molecule has 600 valence electrons. The van der Waals surface area contributed by atoms with Gasteiger partial charge in [0.15, 0.2) is 0 Å². The number of carbonyl (C=O) groups excluding carboxylic acids is 1. The van der Waals surface area contributed by atoms with Gasteiger partial charge in [-0.25, -0.2) is 9.98 Å². The quantitative estimate of drug-likeness (QED) is 0.00916. The van der Waals surface area contributed by atoms with Gasteiger partial charge in [-0.05, 0) is 187 Å². The minimum Gasteiger partial charge on any atom is -0.494 e. The summed E-state index contributed by atoms with van der Waals surface area (Å²) in [7, 11) is 6.84. The number of halogens is 2. The Balaban J connectivity index is 0. The smallest absolute Gasteiger partial charge is 0.323 e. The van der Waals surface area contributed by atoms with Crippen LogP contribution in [-0.4, -0.2) is 148 Å². The molecule has 106 heavy (non-hydrogen) atoms. The van der Waals surface area contributed by atoms with E-state index in [9.17, 15) is 14.0 Å². The lowest BCUT2D eigenvalue weighted by Gasteiger charge is -2.19. The number of aliphatic carboxylic acids is 1. The molecular weight excluding hydrogens is 1390 g/mol. The highest BCUT2D eigenvalue weighted by Gasteiger charge is 2.11. The number of unbranched alkanes of at least 4 members (excludes halogenated alkanes) is 30. The first-order chi connectivity index (χ1) is 51.0. The summed E-state index contributed by atoms with van der Waals surface area (Å²) in [6.07, 6.45) is 49.3. The molecule has 0 aliphatic carbocycles. The average molecular weight is 1540 g/mol. The van der Waals surface area contributed by atoms with Gasteiger partial charge in [-0.15, -0.1) is 41.0 Å². The summed E-state index contributed by atoms with van der Waals surface area (Å²) in [6.45, 7) is 15.2. The summed E-state index contributed by atoms with van der Waals surface area (Å²) in [4.78, 5) is 40.2. The predicted octanol–water partition coefficient (Wildman–Crippen LogP) is 22.6. The van der Waals surface area contributed by atoms with Crippen molar-refractivity contribution in [3.05, 3.63) is 120 Å². The van der Waals surface area contributed by atoms with Crippen molar-refractivity contribution in [2.45, 2.75) is 256 Å². The number of anilines is 4. The monoisotopic (exact) mass is 1530 g/mol. The molecule has 0 saturated carbocycles. The van der Waals surface area contributed by atoms with E-state index in [2.05, 4.69) is 103 Å². The van der Waals surface area contributed by atoms with Crippen LogP contribution in [0.25, 0.3) is 11.0 Å². The lowest BCUT2D eigenvalue weighted by molar-refractivity contribution is -0.135. The molecule has 21 heteroatoms. The van der Waals surface area contributed by atoms with E-state index in [-0.39, 0.29) is 30.3 Å². The van der Waals surface area contributed by atoms with Crippen LogP contribution in [0, 0.1) is 13.8 Å².